The van der Waals surface area contributed by atoms with Crippen molar-refractivity contribution >= 4 is 75.8 Å². The van der Waals surface area contributed by atoms with Gasteiger partial charge in [-0.3, -0.25) is 4.57 Å². The number of hydrogen-bond donors (Lipinski definition) is 0. The Labute approximate surface area is 364 Å². The molecule has 13 aromatic rings. The minimum atomic E-state index is 0.968. The van der Waals surface area contributed by atoms with Gasteiger partial charge < -0.3 is 0 Å². The van der Waals surface area contributed by atoms with Crippen LogP contribution < -0.4 is 0 Å². The van der Waals surface area contributed by atoms with Crippen LogP contribution in [-0.2, 0) is 0 Å². The molecule has 0 atom stereocenters. The SMILES string of the molecule is c1ccc(-n2c3ccc(-c4ccc(-c5ccc(-c6c7ccccc7c(-c7cc8ccccc8c8ccccc78)c7ccccc67)cc5)c5ccccc45)cc3c3cccnc32)cc1. The maximum atomic E-state index is 4.85. The molecule has 2 nitrogen and oxygen atoms in total. The van der Waals surface area contributed by atoms with Crippen LogP contribution in [0.25, 0.3) is 126 Å². The van der Waals surface area contributed by atoms with E-state index in [1.54, 1.807) is 0 Å². The normalized spacial score (nSPS) is 11.8. The quantitative estimate of drug-likeness (QED) is 0.125. The molecule has 0 aliphatic heterocycles. The average molecular weight is 799 g/mol. The van der Waals surface area contributed by atoms with E-state index >= 15 is 0 Å². The standard InChI is InChI=1S/C61H38N2/c1-2-16-43(17-3-1)63-58-35-32-42(37-56(58)55-27-14-36-62-61(55)63)46-34-33-45(48-20-6-7-21-49(46)48)39-28-30-40(31-29-39)59-51-23-10-12-25-53(51)60(54-26-13-11-24-52(54)59)57-38-41-15-4-5-18-44(41)47-19-8-9-22-50(47)57/h1-38H. The molecule has 0 aliphatic carbocycles. The molecule has 13 rings (SSSR count). The first-order valence-electron chi connectivity index (χ1n) is 21.7. The minimum Gasteiger partial charge on any atom is -0.294 e. The predicted octanol–water partition coefficient (Wildman–Crippen LogP) is 16.6. The van der Waals surface area contributed by atoms with E-state index in [2.05, 4.69) is 223 Å². The average Bonchev–Trinajstić information content (AvgIpc) is 3.69. The molecule has 0 fully saturated rings. The highest BCUT2D eigenvalue weighted by atomic mass is 15.0. The number of fused-ring (bicyclic) bond motifs is 9. The van der Waals surface area contributed by atoms with Crippen molar-refractivity contribution in [3.63, 3.8) is 0 Å². The van der Waals surface area contributed by atoms with Crippen LogP contribution in [0.15, 0.2) is 231 Å². The van der Waals surface area contributed by atoms with Gasteiger partial charge in [-0.15, -0.1) is 0 Å². The molecule has 0 amide bonds. The van der Waals surface area contributed by atoms with Crippen LogP contribution >= 0.6 is 0 Å². The van der Waals surface area contributed by atoms with E-state index in [1.165, 1.54) is 104 Å². The first-order valence-corrected chi connectivity index (χ1v) is 21.7. The Morgan fingerprint density at radius 2 is 0.778 bits per heavy atom. The molecule has 63 heavy (non-hydrogen) atoms. The van der Waals surface area contributed by atoms with Gasteiger partial charge in [-0.25, -0.2) is 4.98 Å². The van der Waals surface area contributed by atoms with Gasteiger partial charge in [0.15, 0.2) is 0 Å². The van der Waals surface area contributed by atoms with E-state index in [0.29, 0.717) is 0 Å². The van der Waals surface area contributed by atoms with Gasteiger partial charge in [-0.05, 0) is 141 Å². The molecule has 2 heterocycles. The van der Waals surface area contributed by atoms with Crippen molar-refractivity contribution in [1.29, 1.82) is 0 Å². The maximum absolute atomic E-state index is 4.85. The summed E-state index contributed by atoms with van der Waals surface area (Å²) in [6.07, 6.45) is 1.88. The Hall–Kier alpha value is -8.33. The van der Waals surface area contributed by atoms with Crippen LogP contribution in [0.5, 0.6) is 0 Å². The maximum Gasteiger partial charge on any atom is 0.145 e. The highest BCUT2D eigenvalue weighted by molar-refractivity contribution is 6.26. The lowest BCUT2D eigenvalue weighted by Crippen LogP contribution is -1.94. The van der Waals surface area contributed by atoms with Crippen LogP contribution in [0, 0.1) is 0 Å². The van der Waals surface area contributed by atoms with Crippen molar-refractivity contribution in [2.75, 3.05) is 0 Å². The fourth-order valence-electron chi connectivity index (χ4n) is 10.5. The van der Waals surface area contributed by atoms with E-state index in [9.17, 15) is 0 Å². The molecule has 0 bridgehead atoms. The number of para-hydroxylation sites is 1. The zero-order valence-corrected chi connectivity index (χ0v) is 34.3. The Bertz CT molecular complexity index is 3890. The van der Waals surface area contributed by atoms with Crippen LogP contribution in [0.1, 0.15) is 0 Å². The Morgan fingerprint density at radius 3 is 1.44 bits per heavy atom. The van der Waals surface area contributed by atoms with Gasteiger partial charge in [0, 0.05) is 22.7 Å². The van der Waals surface area contributed by atoms with Gasteiger partial charge >= 0.3 is 0 Å². The van der Waals surface area contributed by atoms with Crippen molar-refractivity contribution in [2.24, 2.45) is 0 Å². The fourth-order valence-corrected chi connectivity index (χ4v) is 10.5. The molecule has 0 radical (unpaired) electrons. The zero-order chi connectivity index (χ0) is 41.4. The summed E-state index contributed by atoms with van der Waals surface area (Å²) in [5, 5.41) is 14.9. The van der Waals surface area contributed by atoms with E-state index in [1.807, 2.05) is 12.3 Å². The van der Waals surface area contributed by atoms with Crippen molar-refractivity contribution in [3.8, 4) is 50.2 Å². The minimum absolute atomic E-state index is 0.968. The van der Waals surface area contributed by atoms with E-state index in [4.69, 9.17) is 4.98 Å². The topological polar surface area (TPSA) is 17.8 Å². The van der Waals surface area contributed by atoms with Crippen LogP contribution in [0.2, 0.25) is 0 Å². The van der Waals surface area contributed by atoms with Crippen molar-refractivity contribution < 1.29 is 0 Å². The lowest BCUT2D eigenvalue weighted by atomic mass is 9.83. The number of rotatable bonds is 5. The highest BCUT2D eigenvalue weighted by Crippen LogP contribution is 2.47. The Morgan fingerprint density at radius 1 is 0.286 bits per heavy atom. The summed E-state index contributed by atoms with van der Waals surface area (Å²) < 4.78 is 2.27. The van der Waals surface area contributed by atoms with Gasteiger partial charge in [-0.2, -0.15) is 0 Å². The Balaban J connectivity index is 0.943. The summed E-state index contributed by atoms with van der Waals surface area (Å²) in [6.45, 7) is 0. The monoisotopic (exact) mass is 798 g/mol. The molecular weight excluding hydrogens is 761 g/mol. The highest BCUT2D eigenvalue weighted by Gasteiger charge is 2.20. The summed E-state index contributed by atoms with van der Waals surface area (Å²) in [7, 11) is 0. The van der Waals surface area contributed by atoms with Crippen LogP contribution in [0.3, 0.4) is 0 Å². The third-order valence-corrected chi connectivity index (χ3v) is 13.2. The summed E-state index contributed by atoms with van der Waals surface area (Å²) in [5.41, 5.74) is 13.1. The van der Waals surface area contributed by atoms with E-state index in [-0.39, 0.29) is 0 Å². The van der Waals surface area contributed by atoms with Crippen molar-refractivity contribution in [2.45, 2.75) is 0 Å². The Kier molecular flexibility index (Phi) is 7.94. The summed E-state index contributed by atoms with van der Waals surface area (Å²) in [6, 6.07) is 82.3. The number of aromatic nitrogens is 2. The van der Waals surface area contributed by atoms with Crippen molar-refractivity contribution in [1.82, 2.24) is 9.55 Å². The zero-order valence-electron chi connectivity index (χ0n) is 34.3. The number of hydrogen-bond acceptors (Lipinski definition) is 1. The second kappa shape index (κ2) is 14.1. The molecular formula is C61H38N2. The third-order valence-electron chi connectivity index (χ3n) is 13.2. The van der Waals surface area contributed by atoms with Gasteiger partial charge in [0.1, 0.15) is 5.65 Å². The molecule has 2 aromatic heterocycles. The first kappa shape index (κ1) is 35.4. The first-order chi connectivity index (χ1) is 31.3. The van der Waals surface area contributed by atoms with Crippen LogP contribution in [-0.4, -0.2) is 9.55 Å². The number of benzene rings is 11. The second-order valence-electron chi connectivity index (χ2n) is 16.6. The lowest BCUT2D eigenvalue weighted by molar-refractivity contribution is 1.14. The summed E-state index contributed by atoms with van der Waals surface area (Å²) in [4.78, 5) is 4.85. The van der Waals surface area contributed by atoms with E-state index < -0.39 is 0 Å². The number of nitrogens with zero attached hydrogens (tertiary/aromatic N) is 2. The van der Waals surface area contributed by atoms with Gasteiger partial charge in [0.25, 0.3) is 0 Å². The second-order valence-corrected chi connectivity index (χ2v) is 16.6. The summed E-state index contributed by atoms with van der Waals surface area (Å²) in [5.74, 6) is 0. The third kappa shape index (κ3) is 5.48. The smallest absolute Gasteiger partial charge is 0.145 e. The van der Waals surface area contributed by atoms with E-state index in [0.717, 1.165) is 22.2 Å². The molecule has 0 saturated heterocycles. The molecule has 0 unspecified atom stereocenters. The molecule has 2 heteroatoms. The lowest BCUT2D eigenvalue weighted by Gasteiger charge is -2.20. The molecule has 0 N–H and O–H groups in total. The van der Waals surface area contributed by atoms with Gasteiger partial charge in [0.2, 0.25) is 0 Å². The summed E-state index contributed by atoms with van der Waals surface area (Å²) >= 11 is 0. The fraction of sp³-hybridized carbons (Fsp3) is 0. The molecule has 11 aromatic carbocycles. The molecule has 0 aliphatic rings. The number of pyridine rings is 1. The molecule has 292 valence electrons. The largest absolute Gasteiger partial charge is 0.294 e. The van der Waals surface area contributed by atoms with Gasteiger partial charge in [-0.1, -0.05) is 182 Å². The molecule has 0 saturated carbocycles. The predicted molar refractivity (Wildman–Crippen MR) is 268 cm³/mol. The van der Waals surface area contributed by atoms with Gasteiger partial charge in [0.05, 0.1) is 5.52 Å². The van der Waals surface area contributed by atoms with Crippen molar-refractivity contribution in [3.05, 3.63) is 231 Å². The van der Waals surface area contributed by atoms with Crippen LogP contribution in [0.4, 0.5) is 0 Å². The molecule has 0 spiro atoms.